The lowest BCUT2D eigenvalue weighted by Crippen LogP contribution is -2.39. The van der Waals surface area contributed by atoms with Crippen molar-refractivity contribution < 1.29 is 0 Å². The molecule has 1 unspecified atom stereocenters. The molecule has 1 fully saturated rings. The Morgan fingerprint density at radius 2 is 2.00 bits per heavy atom. The summed E-state index contributed by atoms with van der Waals surface area (Å²) >= 11 is 0. The van der Waals surface area contributed by atoms with E-state index < -0.39 is 0 Å². The van der Waals surface area contributed by atoms with E-state index in [1.807, 2.05) is 5.01 Å². The van der Waals surface area contributed by atoms with Gasteiger partial charge in [0.2, 0.25) is 0 Å². The largest absolute Gasteiger partial charge is 0.269 e. The van der Waals surface area contributed by atoms with Crippen LogP contribution in [0.2, 0.25) is 0 Å². The second-order valence-corrected chi connectivity index (χ2v) is 2.74. The maximum atomic E-state index is 5.56. The van der Waals surface area contributed by atoms with Crippen LogP contribution < -0.4 is 5.84 Å². The van der Waals surface area contributed by atoms with Crippen LogP contribution in [0.5, 0.6) is 0 Å². The van der Waals surface area contributed by atoms with Crippen LogP contribution in [0.1, 0.15) is 19.8 Å². The molecule has 0 aromatic rings. The standard InChI is InChI=1S/C6H14N2.2ClH/c1-6-3-2-4-8(7)5-6;;/h6H,2-5,7H2,1H3;2*1H. The number of hydrogen-bond acceptors (Lipinski definition) is 2. The summed E-state index contributed by atoms with van der Waals surface area (Å²) in [5.41, 5.74) is 0. The van der Waals surface area contributed by atoms with E-state index in [9.17, 15) is 0 Å². The van der Waals surface area contributed by atoms with Gasteiger partial charge in [-0.1, -0.05) is 6.92 Å². The molecule has 10 heavy (non-hydrogen) atoms. The third-order valence-corrected chi connectivity index (χ3v) is 1.69. The van der Waals surface area contributed by atoms with Crippen molar-refractivity contribution in [3.05, 3.63) is 0 Å². The number of rotatable bonds is 0. The molecular formula is C6H16Cl2N2. The van der Waals surface area contributed by atoms with Gasteiger partial charge in [0, 0.05) is 13.1 Å². The Bertz CT molecular complexity index is 72.1. The number of halogens is 2. The van der Waals surface area contributed by atoms with E-state index in [1.165, 1.54) is 12.8 Å². The molecule has 64 valence electrons. The van der Waals surface area contributed by atoms with Gasteiger partial charge >= 0.3 is 0 Å². The van der Waals surface area contributed by atoms with Gasteiger partial charge < -0.3 is 0 Å². The first-order valence-electron chi connectivity index (χ1n) is 3.28. The van der Waals surface area contributed by atoms with Crippen LogP contribution in [0.4, 0.5) is 0 Å². The predicted octanol–water partition coefficient (Wildman–Crippen LogP) is 1.44. The molecule has 1 atom stereocenters. The number of nitrogens with zero attached hydrogens (tertiary/aromatic N) is 1. The maximum Gasteiger partial charge on any atom is 0.0154 e. The molecule has 1 heterocycles. The molecule has 0 aromatic carbocycles. The van der Waals surface area contributed by atoms with Crippen LogP contribution in [0, 0.1) is 5.92 Å². The van der Waals surface area contributed by atoms with Crippen molar-refractivity contribution in [1.82, 2.24) is 5.01 Å². The first-order valence-corrected chi connectivity index (χ1v) is 3.28. The maximum absolute atomic E-state index is 5.56. The average molecular weight is 187 g/mol. The number of hydrogen-bond donors (Lipinski definition) is 1. The fourth-order valence-electron chi connectivity index (χ4n) is 1.23. The zero-order valence-electron chi connectivity index (χ0n) is 6.25. The Labute approximate surface area is 74.9 Å². The van der Waals surface area contributed by atoms with E-state index >= 15 is 0 Å². The summed E-state index contributed by atoms with van der Waals surface area (Å²) in [6.45, 7) is 4.42. The number of piperidine rings is 1. The summed E-state index contributed by atoms with van der Waals surface area (Å²) in [4.78, 5) is 0. The van der Waals surface area contributed by atoms with Crippen LogP contribution >= 0.6 is 24.8 Å². The van der Waals surface area contributed by atoms with Crippen molar-refractivity contribution in [1.29, 1.82) is 0 Å². The average Bonchev–Trinajstić information content (AvgIpc) is 1.64. The quantitative estimate of drug-likeness (QED) is 0.581. The van der Waals surface area contributed by atoms with Crippen molar-refractivity contribution in [3.63, 3.8) is 0 Å². The summed E-state index contributed by atoms with van der Waals surface area (Å²) < 4.78 is 0. The molecule has 2 N–H and O–H groups in total. The lowest BCUT2D eigenvalue weighted by atomic mass is 10.0. The number of hydrazine groups is 1. The van der Waals surface area contributed by atoms with Crippen molar-refractivity contribution >= 4 is 24.8 Å². The van der Waals surface area contributed by atoms with E-state index in [2.05, 4.69) is 6.92 Å². The van der Waals surface area contributed by atoms with Crippen LogP contribution in [0.3, 0.4) is 0 Å². The molecule has 0 aromatic heterocycles. The highest BCUT2D eigenvalue weighted by Gasteiger charge is 2.11. The minimum Gasteiger partial charge on any atom is -0.269 e. The van der Waals surface area contributed by atoms with Gasteiger partial charge in [0.15, 0.2) is 0 Å². The van der Waals surface area contributed by atoms with Crippen LogP contribution in [-0.4, -0.2) is 18.1 Å². The highest BCUT2D eigenvalue weighted by atomic mass is 35.5. The molecule has 1 aliphatic rings. The summed E-state index contributed by atoms with van der Waals surface area (Å²) in [7, 11) is 0. The van der Waals surface area contributed by atoms with Crippen LogP contribution in [0.25, 0.3) is 0 Å². The topological polar surface area (TPSA) is 29.3 Å². The summed E-state index contributed by atoms with van der Waals surface area (Å²) in [5, 5.41) is 1.91. The van der Waals surface area contributed by atoms with E-state index in [0.717, 1.165) is 19.0 Å². The fourth-order valence-corrected chi connectivity index (χ4v) is 1.23. The molecule has 0 spiro atoms. The summed E-state index contributed by atoms with van der Waals surface area (Å²) in [6.07, 6.45) is 2.63. The van der Waals surface area contributed by atoms with Gasteiger partial charge in [-0.15, -0.1) is 24.8 Å². The third-order valence-electron chi connectivity index (χ3n) is 1.69. The molecule has 0 saturated carbocycles. The lowest BCUT2D eigenvalue weighted by molar-refractivity contribution is 0.188. The Hall–Kier alpha value is 0.500. The molecular weight excluding hydrogens is 171 g/mol. The number of nitrogens with two attached hydrogens (primary N) is 1. The molecule has 0 aliphatic carbocycles. The van der Waals surface area contributed by atoms with Gasteiger partial charge in [-0.25, -0.2) is 5.01 Å². The molecule has 2 nitrogen and oxygen atoms in total. The van der Waals surface area contributed by atoms with Gasteiger partial charge in [0.1, 0.15) is 0 Å². The summed E-state index contributed by atoms with van der Waals surface area (Å²) in [5.74, 6) is 6.37. The first kappa shape index (κ1) is 13.1. The van der Waals surface area contributed by atoms with Gasteiger partial charge in [-0.3, -0.25) is 5.84 Å². The normalized spacial score (nSPS) is 26.4. The van der Waals surface area contributed by atoms with Crippen LogP contribution in [0.15, 0.2) is 0 Å². The van der Waals surface area contributed by atoms with E-state index in [-0.39, 0.29) is 24.8 Å². The van der Waals surface area contributed by atoms with Gasteiger partial charge in [-0.2, -0.15) is 0 Å². The highest BCUT2D eigenvalue weighted by Crippen LogP contribution is 2.11. The van der Waals surface area contributed by atoms with Crippen molar-refractivity contribution in [3.8, 4) is 0 Å². The Morgan fingerprint density at radius 3 is 2.30 bits per heavy atom. The third kappa shape index (κ3) is 4.34. The Balaban J connectivity index is 0. The Morgan fingerprint density at radius 1 is 1.40 bits per heavy atom. The molecule has 1 aliphatic heterocycles. The first-order chi connectivity index (χ1) is 3.79. The second kappa shape index (κ2) is 6.23. The van der Waals surface area contributed by atoms with Gasteiger partial charge in [-0.05, 0) is 18.8 Å². The predicted molar refractivity (Wildman–Crippen MR) is 48.7 cm³/mol. The monoisotopic (exact) mass is 186 g/mol. The summed E-state index contributed by atoms with van der Waals surface area (Å²) in [6, 6.07) is 0. The SMILES string of the molecule is CC1CCCN(N)C1.Cl.Cl. The van der Waals surface area contributed by atoms with Gasteiger partial charge in [0.25, 0.3) is 0 Å². The molecule has 1 rings (SSSR count). The minimum atomic E-state index is 0. The second-order valence-electron chi connectivity index (χ2n) is 2.74. The fraction of sp³-hybridized carbons (Fsp3) is 1.00. The van der Waals surface area contributed by atoms with Crippen molar-refractivity contribution in [2.45, 2.75) is 19.8 Å². The highest BCUT2D eigenvalue weighted by molar-refractivity contribution is 5.85. The lowest BCUT2D eigenvalue weighted by Gasteiger charge is -2.26. The molecule has 1 saturated heterocycles. The molecule has 0 amide bonds. The van der Waals surface area contributed by atoms with Gasteiger partial charge in [0.05, 0.1) is 0 Å². The zero-order chi connectivity index (χ0) is 5.98. The molecule has 0 bridgehead atoms. The van der Waals surface area contributed by atoms with E-state index in [1.54, 1.807) is 0 Å². The van der Waals surface area contributed by atoms with E-state index in [0.29, 0.717) is 0 Å². The van der Waals surface area contributed by atoms with Crippen molar-refractivity contribution in [2.75, 3.05) is 13.1 Å². The minimum absolute atomic E-state index is 0. The zero-order valence-corrected chi connectivity index (χ0v) is 7.88. The molecule has 4 heteroatoms. The van der Waals surface area contributed by atoms with E-state index in [4.69, 9.17) is 5.84 Å². The van der Waals surface area contributed by atoms with Crippen LogP contribution in [-0.2, 0) is 0 Å². The Kier molecular flexibility index (Phi) is 8.17. The van der Waals surface area contributed by atoms with Crippen molar-refractivity contribution in [2.24, 2.45) is 11.8 Å². The molecule has 0 radical (unpaired) electrons. The smallest absolute Gasteiger partial charge is 0.0154 e.